The summed E-state index contributed by atoms with van der Waals surface area (Å²) in [6, 6.07) is 18.4. The van der Waals surface area contributed by atoms with E-state index in [1.54, 1.807) is 36.4 Å². The first-order chi connectivity index (χ1) is 15.4. The van der Waals surface area contributed by atoms with Crippen molar-refractivity contribution in [3.05, 3.63) is 83.9 Å². The maximum Gasteiger partial charge on any atom is 0.647 e. The van der Waals surface area contributed by atoms with Crippen LogP contribution in [0.4, 0.5) is 0 Å². The topological polar surface area (TPSA) is 118 Å². The van der Waals surface area contributed by atoms with Crippen molar-refractivity contribution >= 4 is 19.8 Å². The van der Waals surface area contributed by atoms with Crippen molar-refractivity contribution < 1.29 is 42.3 Å². The lowest BCUT2D eigenvalue weighted by molar-refractivity contribution is 0.0549. The highest BCUT2D eigenvalue weighted by Crippen LogP contribution is 2.51. The normalized spacial score (nSPS) is 10.7. The third-order valence-electron chi connectivity index (χ3n) is 4.06. The summed E-state index contributed by atoms with van der Waals surface area (Å²) in [5.74, 6) is -2.69. The van der Waals surface area contributed by atoms with Gasteiger partial charge in [-0.25, -0.2) is 9.59 Å². The van der Waals surface area contributed by atoms with Crippen molar-refractivity contribution in [1.82, 2.24) is 0 Å². The molecule has 0 saturated heterocycles. The number of methoxy groups -OCH3 is 2. The van der Waals surface area contributed by atoms with Gasteiger partial charge in [-0.15, -0.1) is 0 Å². The van der Waals surface area contributed by atoms with Gasteiger partial charge in [-0.05, 0) is 36.4 Å². The number of esters is 2. The maximum atomic E-state index is 13.6. The second kappa shape index (κ2) is 9.89. The summed E-state index contributed by atoms with van der Waals surface area (Å²) in [6.07, 6.45) is 0. The average Bonchev–Trinajstić information content (AvgIpc) is 2.80. The van der Waals surface area contributed by atoms with Crippen LogP contribution in [0.15, 0.2) is 72.8 Å². The lowest BCUT2D eigenvalue weighted by atomic mass is 10.1. The van der Waals surface area contributed by atoms with Crippen LogP contribution in [0.5, 0.6) is 23.0 Å². The third-order valence-corrected chi connectivity index (χ3v) is 5.34. The summed E-state index contributed by atoms with van der Waals surface area (Å²) >= 11 is 0. The molecule has 10 heteroatoms. The smallest absolute Gasteiger partial charge is 0.507 e. The van der Waals surface area contributed by atoms with Gasteiger partial charge in [-0.2, -0.15) is 4.57 Å². The van der Waals surface area contributed by atoms with Crippen molar-refractivity contribution in [1.29, 1.82) is 0 Å². The van der Waals surface area contributed by atoms with E-state index in [-0.39, 0.29) is 17.2 Å². The molecule has 0 atom stereocenters. The maximum absolute atomic E-state index is 13.6. The summed E-state index contributed by atoms with van der Waals surface area (Å²) in [4.78, 5) is 24.6. The number of ether oxygens (including phenoxy) is 2. The highest BCUT2D eigenvalue weighted by molar-refractivity contribution is 7.49. The number of hydrogen-bond acceptors (Lipinski definition) is 9. The molecule has 0 aliphatic rings. The first-order valence-corrected chi connectivity index (χ1v) is 10.6. The van der Waals surface area contributed by atoms with Crippen molar-refractivity contribution in [3.8, 4) is 23.0 Å². The molecule has 0 unspecified atom stereocenters. The molecule has 3 rings (SSSR count). The van der Waals surface area contributed by atoms with E-state index >= 15 is 0 Å². The number of phosphoric acid groups is 1. The molecule has 0 heterocycles. The molecule has 0 aliphatic carbocycles. The van der Waals surface area contributed by atoms with Gasteiger partial charge >= 0.3 is 19.8 Å². The van der Waals surface area contributed by atoms with Crippen LogP contribution < -0.4 is 13.6 Å². The molecule has 0 spiro atoms. The standard InChI is InChI=1S/C22H19O9P/c1-27-21(24)19-17(23)13-14-18(20(19)22(25)28-2)31-32(26,29-15-9-5-3-6-10-15)30-16-11-7-4-8-12-16/h3-14,23H,1-2H3. The quantitative estimate of drug-likeness (QED) is 0.381. The van der Waals surface area contributed by atoms with Gasteiger partial charge in [0.15, 0.2) is 0 Å². The van der Waals surface area contributed by atoms with Gasteiger partial charge in [0.2, 0.25) is 0 Å². The number of hydrogen-bond donors (Lipinski definition) is 1. The lowest BCUT2D eigenvalue weighted by Gasteiger charge is -2.21. The van der Waals surface area contributed by atoms with Gasteiger partial charge in [0, 0.05) is 0 Å². The molecule has 3 aromatic rings. The summed E-state index contributed by atoms with van der Waals surface area (Å²) in [5.41, 5.74) is -1.03. The number of para-hydroxylation sites is 2. The van der Waals surface area contributed by atoms with Crippen LogP contribution in [-0.2, 0) is 14.0 Å². The van der Waals surface area contributed by atoms with Crippen LogP contribution in [0, 0.1) is 0 Å². The van der Waals surface area contributed by atoms with E-state index in [9.17, 15) is 19.3 Å². The van der Waals surface area contributed by atoms with E-state index in [0.717, 1.165) is 26.4 Å². The second-order valence-corrected chi connectivity index (χ2v) is 7.61. The third kappa shape index (κ3) is 5.19. The Bertz CT molecular complexity index is 1100. The number of carbonyl (C=O) groups is 2. The lowest BCUT2D eigenvalue weighted by Crippen LogP contribution is -2.15. The molecule has 0 bridgehead atoms. The van der Waals surface area contributed by atoms with Gasteiger partial charge in [-0.1, -0.05) is 36.4 Å². The zero-order chi connectivity index (χ0) is 23.1. The first kappa shape index (κ1) is 22.7. The number of phosphoric ester groups is 1. The Kier molecular flexibility index (Phi) is 7.02. The van der Waals surface area contributed by atoms with E-state index in [4.69, 9.17) is 18.3 Å². The fourth-order valence-electron chi connectivity index (χ4n) is 2.66. The average molecular weight is 458 g/mol. The van der Waals surface area contributed by atoms with Gasteiger partial charge in [-0.3, -0.25) is 0 Å². The number of phenols is 1. The summed E-state index contributed by atoms with van der Waals surface area (Å²) in [7, 11) is -2.34. The summed E-state index contributed by atoms with van der Waals surface area (Å²) in [6.45, 7) is 0. The van der Waals surface area contributed by atoms with E-state index in [1.807, 2.05) is 0 Å². The summed E-state index contributed by atoms with van der Waals surface area (Å²) < 4.78 is 39.5. The Morgan fingerprint density at radius 3 is 1.62 bits per heavy atom. The van der Waals surface area contributed by atoms with E-state index < -0.39 is 36.6 Å². The number of benzene rings is 3. The number of phenolic OH excluding ortho intramolecular Hbond substituents is 1. The highest BCUT2D eigenvalue weighted by Gasteiger charge is 2.37. The highest BCUT2D eigenvalue weighted by atomic mass is 31.2. The Balaban J connectivity index is 2.10. The van der Waals surface area contributed by atoms with Crippen LogP contribution in [0.1, 0.15) is 20.7 Å². The molecule has 9 nitrogen and oxygen atoms in total. The molecule has 0 saturated carbocycles. The van der Waals surface area contributed by atoms with E-state index in [0.29, 0.717) is 0 Å². The molecular weight excluding hydrogens is 439 g/mol. The van der Waals surface area contributed by atoms with Gasteiger partial charge < -0.3 is 28.2 Å². The van der Waals surface area contributed by atoms with Gasteiger partial charge in [0.25, 0.3) is 0 Å². The zero-order valence-electron chi connectivity index (χ0n) is 17.1. The number of aromatic hydroxyl groups is 1. The van der Waals surface area contributed by atoms with Crippen molar-refractivity contribution in [2.45, 2.75) is 0 Å². The van der Waals surface area contributed by atoms with Crippen molar-refractivity contribution in [2.24, 2.45) is 0 Å². The van der Waals surface area contributed by atoms with Crippen molar-refractivity contribution in [3.63, 3.8) is 0 Å². The van der Waals surface area contributed by atoms with E-state index in [2.05, 4.69) is 4.74 Å². The SMILES string of the molecule is COC(=O)c1c(O)ccc(OP(=O)(Oc2ccccc2)Oc2ccccc2)c1C(=O)OC. The fourth-order valence-corrected chi connectivity index (χ4v) is 3.92. The predicted molar refractivity (Wildman–Crippen MR) is 113 cm³/mol. The minimum atomic E-state index is -4.48. The Labute approximate surface area is 183 Å². The molecule has 0 aromatic heterocycles. The van der Waals surface area contributed by atoms with Crippen molar-refractivity contribution in [2.75, 3.05) is 14.2 Å². The monoisotopic (exact) mass is 458 g/mol. The summed E-state index contributed by atoms with van der Waals surface area (Å²) in [5, 5.41) is 10.1. The molecule has 0 aliphatic heterocycles. The van der Waals surface area contributed by atoms with Crippen LogP contribution in [0.25, 0.3) is 0 Å². The molecular formula is C22H19O9P. The number of rotatable bonds is 8. The minimum absolute atomic E-state index is 0.165. The van der Waals surface area contributed by atoms with Crippen LogP contribution in [-0.4, -0.2) is 31.3 Å². The predicted octanol–water partition coefficient (Wildman–Crippen LogP) is 4.61. The van der Waals surface area contributed by atoms with Gasteiger partial charge in [0.1, 0.15) is 34.1 Å². The molecule has 3 aromatic carbocycles. The molecule has 32 heavy (non-hydrogen) atoms. The van der Waals surface area contributed by atoms with Crippen LogP contribution in [0.3, 0.4) is 0 Å². The largest absolute Gasteiger partial charge is 0.647 e. The fraction of sp³-hybridized carbons (Fsp3) is 0.0909. The second-order valence-electron chi connectivity index (χ2n) is 6.16. The molecule has 166 valence electrons. The van der Waals surface area contributed by atoms with Gasteiger partial charge in [0.05, 0.1) is 14.2 Å². The Hall–Kier alpha value is -3.97. The molecule has 0 amide bonds. The van der Waals surface area contributed by atoms with E-state index in [1.165, 1.54) is 24.3 Å². The van der Waals surface area contributed by atoms with Crippen LogP contribution in [0.2, 0.25) is 0 Å². The molecule has 1 N–H and O–H groups in total. The molecule has 0 radical (unpaired) electrons. The van der Waals surface area contributed by atoms with Crippen LogP contribution >= 0.6 is 7.82 Å². The zero-order valence-corrected chi connectivity index (χ0v) is 18.0. The Morgan fingerprint density at radius 2 is 1.16 bits per heavy atom. The minimum Gasteiger partial charge on any atom is -0.507 e. The Morgan fingerprint density at radius 1 is 0.688 bits per heavy atom. The molecule has 0 fully saturated rings. The number of carbonyl (C=O) groups excluding carboxylic acids is 2. The first-order valence-electron chi connectivity index (χ1n) is 9.18.